The van der Waals surface area contributed by atoms with Gasteiger partial charge < -0.3 is 20.3 Å². The summed E-state index contributed by atoms with van der Waals surface area (Å²) in [7, 11) is 0. The van der Waals surface area contributed by atoms with E-state index in [9.17, 15) is 9.18 Å². The van der Waals surface area contributed by atoms with E-state index in [1.54, 1.807) is 12.1 Å². The maximum Gasteiger partial charge on any atom is 0.222 e. The van der Waals surface area contributed by atoms with Gasteiger partial charge in [0.25, 0.3) is 0 Å². The lowest BCUT2D eigenvalue weighted by Crippen LogP contribution is -2.41. The van der Waals surface area contributed by atoms with Gasteiger partial charge in [0.15, 0.2) is 5.96 Å². The van der Waals surface area contributed by atoms with Gasteiger partial charge in [-0.15, -0.1) is 24.0 Å². The average Bonchev–Trinajstić information content (AvgIpc) is 3.17. The van der Waals surface area contributed by atoms with Crippen molar-refractivity contribution in [2.75, 3.05) is 19.6 Å². The lowest BCUT2D eigenvalue weighted by molar-refractivity contribution is -0.128. The number of nitrogens with zero attached hydrogens (tertiary/aromatic N) is 2. The van der Waals surface area contributed by atoms with E-state index in [-0.39, 0.29) is 41.8 Å². The Labute approximate surface area is 206 Å². The first kappa shape index (κ1) is 25.9. The van der Waals surface area contributed by atoms with E-state index in [0.29, 0.717) is 37.8 Å². The van der Waals surface area contributed by atoms with Crippen LogP contribution in [0.3, 0.4) is 0 Å². The third-order valence-electron chi connectivity index (χ3n) is 5.11. The van der Waals surface area contributed by atoms with Crippen LogP contribution in [0.4, 0.5) is 4.39 Å². The van der Waals surface area contributed by atoms with Gasteiger partial charge in [-0.2, -0.15) is 0 Å². The van der Waals surface area contributed by atoms with Gasteiger partial charge in [0.2, 0.25) is 5.91 Å². The number of halogens is 2. The van der Waals surface area contributed by atoms with Crippen molar-refractivity contribution < 1.29 is 13.9 Å². The van der Waals surface area contributed by atoms with Gasteiger partial charge >= 0.3 is 0 Å². The van der Waals surface area contributed by atoms with Gasteiger partial charge in [0, 0.05) is 26.1 Å². The zero-order chi connectivity index (χ0) is 22.1. The standard InChI is InChI=1S/C24H31FN4O2.HI/c1-3-26-24(27-15-18(2)31-22-12-10-21(25)11-13-22)28-16-19-7-4-5-8-20(19)17-29-14-6-9-23(29)30;/h4-5,7-8,10-13,18H,3,6,9,14-17H2,1-2H3,(H2,26,27,28);1H. The zero-order valence-electron chi connectivity index (χ0n) is 18.6. The molecule has 0 saturated carbocycles. The van der Waals surface area contributed by atoms with Gasteiger partial charge in [-0.05, 0) is 55.7 Å². The fraction of sp³-hybridized carbons (Fsp3) is 0.417. The third-order valence-corrected chi connectivity index (χ3v) is 5.11. The van der Waals surface area contributed by atoms with Crippen LogP contribution in [0, 0.1) is 5.82 Å². The molecule has 1 aliphatic heterocycles. The number of guanidine groups is 1. The number of ether oxygens (including phenoxy) is 1. The monoisotopic (exact) mass is 554 g/mol. The molecule has 1 aliphatic rings. The highest BCUT2D eigenvalue weighted by atomic mass is 127. The SMILES string of the molecule is CCNC(=NCc1ccccc1CN1CCCC1=O)NCC(C)Oc1ccc(F)cc1.I. The van der Waals surface area contributed by atoms with E-state index >= 15 is 0 Å². The number of hydrogen-bond donors (Lipinski definition) is 2. The topological polar surface area (TPSA) is 66.0 Å². The Hall–Kier alpha value is -2.36. The van der Waals surface area contributed by atoms with Crippen LogP contribution in [0.2, 0.25) is 0 Å². The highest BCUT2D eigenvalue weighted by Crippen LogP contribution is 2.18. The van der Waals surface area contributed by atoms with Crippen molar-refractivity contribution in [2.24, 2.45) is 4.99 Å². The number of hydrogen-bond acceptors (Lipinski definition) is 3. The van der Waals surface area contributed by atoms with Crippen LogP contribution in [0.5, 0.6) is 5.75 Å². The molecule has 1 atom stereocenters. The molecular formula is C24H32FIN4O2. The second-order valence-electron chi connectivity index (χ2n) is 7.65. The first-order valence-electron chi connectivity index (χ1n) is 10.8. The van der Waals surface area contributed by atoms with Crippen molar-refractivity contribution >= 4 is 35.8 Å². The highest BCUT2D eigenvalue weighted by molar-refractivity contribution is 14.0. The molecule has 0 bridgehead atoms. The predicted octanol–water partition coefficient (Wildman–Crippen LogP) is 4.09. The second kappa shape index (κ2) is 13.2. The minimum absolute atomic E-state index is 0. The van der Waals surface area contributed by atoms with Crippen LogP contribution >= 0.6 is 24.0 Å². The third kappa shape index (κ3) is 7.96. The molecule has 1 amide bonds. The lowest BCUT2D eigenvalue weighted by atomic mass is 10.1. The molecule has 2 aromatic carbocycles. The number of nitrogens with one attached hydrogen (secondary N) is 2. The van der Waals surface area contributed by atoms with Gasteiger partial charge in [-0.1, -0.05) is 24.3 Å². The van der Waals surface area contributed by atoms with E-state index < -0.39 is 0 Å². The zero-order valence-corrected chi connectivity index (χ0v) is 21.0. The molecule has 6 nitrogen and oxygen atoms in total. The number of benzene rings is 2. The number of aliphatic imine (C=N–C) groups is 1. The van der Waals surface area contributed by atoms with Crippen LogP contribution in [0.15, 0.2) is 53.5 Å². The lowest BCUT2D eigenvalue weighted by Gasteiger charge is -2.19. The summed E-state index contributed by atoms with van der Waals surface area (Å²) in [6.07, 6.45) is 1.46. The van der Waals surface area contributed by atoms with E-state index in [1.807, 2.05) is 30.9 Å². The fourth-order valence-electron chi connectivity index (χ4n) is 3.48. The summed E-state index contributed by atoms with van der Waals surface area (Å²) >= 11 is 0. The molecule has 0 radical (unpaired) electrons. The maximum atomic E-state index is 13.0. The normalized spacial score (nSPS) is 14.7. The molecule has 0 spiro atoms. The minimum Gasteiger partial charge on any atom is -0.489 e. The van der Waals surface area contributed by atoms with Gasteiger partial charge in [-0.25, -0.2) is 9.38 Å². The molecular weight excluding hydrogens is 522 g/mol. The average molecular weight is 554 g/mol. The van der Waals surface area contributed by atoms with Crippen LogP contribution in [0.1, 0.15) is 37.8 Å². The van der Waals surface area contributed by atoms with Gasteiger partial charge in [0.05, 0.1) is 13.1 Å². The summed E-state index contributed by atoms with van der Waals surface area (Å²) in [4.78, 5) is 18.6. The number of likely N-dealkylation sites (tertiary alicyclic amines) is 1. The van der Waals surface area contributed by atoms with Crippen LogP contribution in [0.25, 0.3) is 0 Å². The minimum atomic E-state index is -0.283. The van der Waals surface area contributed by atoms with E-state index in [2.05, 4.69) is 22.8 Å². The first-order valence-corrected chi connectivity index (χ1v) is 10.8. The Morgan fingerprint density at radius 3 is 2.53 bits per heavy atom. The smallest absolute Gasteiger partial charge is 0.222 e. The number of amides is 1. The molecule has 1 heterocycles. The Morgan fingerprint density at radius 1 is 1.16 bits per heavy atom. The Bertz CT molecular complexity index is 892. The Balaban J connectivity index is 0.00000363. The van der Waals surface area contributed by atoms with Crippen molar-refractivity contribution in [3.8, 4) is 5.75 Å². The molecule has 32 heavy (non-hydrogen) atoms. The molecule has 0 aliphatic carbocycles. The van der Waals surface area contributed by atoms with E-state index in [4.69, 9.17) is 9.73 Å². The summed E-state index contributed by atoms with van der Waals surface area (Å²) in [6.45, 7) is 7.23. The quantitative estimate of drug-likeness (QED) is 0.279. The van der Waals surface area contributed by atoms with Crippen LogP contribution < -0.4 is 15.4 Å². The second-order valence-corrected chi connectivity index (χ2v) is 7.65. The number of rotatable bonds is 9. The molecule has 1 unspecified atom stereocenters. The molecule has 0 aromatic heterocycles. The van der Waals surface area contributed by atoms with Crippen LogP contribution in [-0.4, -0.2) is 42.5 Å². The van der Waals surface area contributed by atoms with Crippen molar-refractivity contribution in [3.63, 3.8) is 0 Å². The number of carbonyl (C=O) groups excluding carboxylic acids is 1. The molecule has 3 rings (SSSR count). The maximum absolute atomic E-state index is 13.0. The summed E-state index contributed by atoms with van der Waals surface area (Å²) in [6, 6.07) is 14.1. The number of carbonyl (C=O) groups is 1. The van der Waals surface area contributed by atoms with Gasteiger partial charge in [-0.3, -0.25) is 4.79 Å². The molecule has 8 heteroatoms. The van der Waals surface area contributed by atoms with E-state index in [0.717, 1.165) is 30.6 Å². The van der Waals surface area contributed by atoms with E-state index in [1.165, 1.54) is 12.1 Å². The van der Waals surface area contributed by atoms with Crippen molar-refractivity contribution in [2.45, 2.75) is 45.9 Å². The first-order chi connectivity index (χ1) is 15.0. The predicted molar refractivity (Wildman–Crippen MR) is 136 cm³/mol. The summed E-state index contributed by atoms with van der Waals surface area (Å²) in [5.74, 6) is 1.27. The Morgan fingerprint density at radius 2 is 1.88 bits per heavy atom. The summed E-state index contributed by atoms with van der Waals surface area (Å²) in [5, 5.41) is 6.55. The largest absolute Gasteiger partial charge is 0.489 e. The fourth-order valence-corrected chi connectivity index (χ4v) is 3.48. The molecule has 2 aromatic rings. The van der Waals surface area contributed by atoms with Crippen LogP contribution in [-0.2, 0) is 17.9 Å². The molecule has 1 fully saturated rings. The van der Waals surface area contributed by atoms with Gasteiger partial charge in [0.1, 0.15) is 17.7 Å². The molecule has 174 valence electrons. The molecule has 2 N–H and O–H groups in total. The molecule has 1 saturated heterocycles. The van der Waals surface area contributed by atoms with Crippen molar-refractivity contribution in [1.29, 1.82) is 0 Å². The van der Waals surface area contributed by atoms with Crippen molar-refractivity contribution in [1.82, 2.24) is 15.5 Å². The van der Waals surface area contributed by atoms with Crippen molar-refractivity contribution in [3.05, 3.63) is 65.5 Å². The highest BCUT2D eigenvalue weighted by Gasteiger charge is 2.20. The Kier molecular flexibility index (Phi) is 10.7. The summed E-state index contributed by atoms with van der Waals surface area (Å²) in [5.41, 5.74) is 2.24. The summed E-state index contributed by atoms with van der Waals surface area (Å²) < 4.78 is 18.9.